The number of hydrogen-bond acceptors (Lipinski definition) is 18. The van der Waals surface area contributed by atoms with Crippen molar-refractivity contribution < 1.29 is 121 Å². The van der Waals surface area contributed by atoms with Crippen LogP contribution in [0.25, 0.3) is 0 Å². The molecule has 0 saturated heterocycles. The first-order valence-corrected chi connectivity index (χ1v) is 43.4. The number of hydrogen-bond donors (Lipinski definition) is 7. The molecule has 0 aliphatic carbocycles. The van der Waals surface area contributed by atoms with E-state index in [1.54, 1.807) is 89.5 Å². The third-order valence-electron chi connectivity index (χ3n) is 24.4. The van der Waals surface area contributed by atoms with Crippen LogP contribution in [0.5, 0.6) is 23.0 Å². The molecule has 12 heterocycles. The summed E-state index contributed by atoms with van der Waals surface area (Å²) in [6, 6.07) is 23.1. The van der Waals surface area contributed by atoms with Crippen molar-refractivity contribution in [3.63, 3.8) is 0 Å². The quantitative estimate of drug-likeness (QED) is 0.0188. The summed E-state index contributed by atoms with van der Waals surface area (Å²) in [6.45, 7) is -1.47. The standard InChI is InChI=1S/C28H23F4N3O4.C28H23F2N3O5.C21H17F4N3O4.C21H19F2N3O5/c29-18-10-9-17(21(30)11-18)12-33-27(37)20-14-34-19-7-4-8-22(26(31)32)35(13-19)28(38)23(34)25(24(20)36)39-15-16-5-2-1-3-6-16;29-19-10-9-18(23(30)11-19)12-31-27(36)22-14-32-20-7-4-8-21(15-34)33(13-20)28(37)24(32)26(25(22)35)38-16-17-5-2-1-3-6-17;22-11-5-4-10(14(23)6-11)7-26-20(31)13-9-27-12-2-1-3-15(19(24)25)28(8-12)21(32)16(27)18(30)17(13)29;22-12-5-4-11(16(23)6-12)7-24-20(30)15-9-25-13-2-1-3-14(10-27)26(8-13)21(31)17(25)19(29)18(15)28/h1-6,8-11,14,19,22,26H,7,12-13,15H2,(H,33,37);1-6,8-11,14-15,20-21H,7,12-13,16H2,(H,31,36);1,3-6,9,12,15,19,30H,2,7-8H2,(H,26,31);1,3-6,9,13-14,27,29H,2,7-8,10H2,(H,24,30)/t19-,22+;20-,21+;12-,15+;13-,14+/m0000/s1. The van der Waals surface area contributed by atoms with Gasteiger partial charge in [-0.15, -0.1) is 0 Å². The number of carbonyl (C=O) groups excluding carboxylic acids is 9. The number of pyridine rings is 4. The van der Waals surface area contributed by atoms with E-state index >= 15 is 0 Å². The molecule has 30 nitrogen and oxygen atoms in total. The zero-order valence-corrected chi connectivity index (χ0v) is 73.2. The fourth-order valence-corrected chi connectivity index (χ4v) is 17.2. The van der Waals surface area contributed by atoms with E-state index in [2.05, 4.69) is 21.3 Å². The van der Waals surface area contributed by atoms with Crippen molar-refractivity contribution in [1.82, 2.24) is 59.1 Å². The number of aldehydes is 1. The van der Waals surface area contributed by atoms with Gasteiger partial charge in [-0.2, -0.15) is 0 Å². The number of rotatable bonds is 22. The summed E-state index contributed by atoms with van der Waals surface area (Å²) in [7, 11) is 0. The molecule has 0 spiro atoms. The van der Waals surface area contributed by atoms with Gasteiger partial charge < -0.3 is 88.7 Å². The smallest absolute Gasteiger partial charge is 0.275 e. The molecule has 8 aliphatic rings. The second-order valence-electron chi connectivity index (χ2n) is 33.2. The number of aliphatic hydroxyl groups is 1. The summed E-state index contributed by atoms with van der Waals surface area (Å²) >= 11 is 0. The van der Waals surface area contributed by atoms with Gasteiger partial charge in [0.15, 0.2) is 45.8 Å². The van der Waals surface area contributed by atoms with Gasteiger partial charge in [-0.25, -0.2) is 52.7 Å². The van der Waals surface area contributed by atoms with Crippen molar-refractivity contribution in [2.75, 3.05) is 32.8 Å². The minimum atomic E-state index is -2.86. The number of nitrogens with one attached hydrogen (secondary N) is 4. The molecule has 0 fully saturated rings. The molecule has 0 radical (unpaired) electrons. The van der Waals surface area contributed by atoms with Gasteiger partial charge in [0.1, 0.15) is 106 Å². The van der Waals surface area contributed by atoms with Crippen molar-refractivity contribution >= 4 is 53.5 Å². The van der Waals surface area contributed by atoms with Crippen LogP contribution >= 0.6 is 0 Å². The zero-order valence-electron chi connectivity index (χ0n) is 73.2. The molecule has 140 heavy (non-hydrogen) atoms. The maximum Gasteiger partial charge on any atom is 0.275 e. The summed E-state index contributed by atoms with van der Waals surface area (Å²) in [5.74, 6) is -15.6. The number of aromatic hydroxyl groups is 2. The number of aromatic nitrogens is 4. The molecular formula is C98H82F12N12O18. The maximum absolute atomic E-state index is 14.1. The van der Waals surface area contributed by atoms with E-state index in [4.69, 9.17) is 9.47 Å². The van der Waals surface area contributed by atoms with Crippen LogP contribution in [-0.2, 0) is 44.2 Å². The van der Waals surface area contributed by atoms with E-state index in [0.717, 1.165) is 51.9 Å². The number of alkyl halides is 4. The predicted molar refractivity (Wildman–Crippen MR) is 473 cm³/mol. The minimum Gasteiger partial charge on any atom is -0.503 e. The Labute approximate surface area is 784 Å². The Balaban J connectivity index is 0.000000142. The largest absolute Gasteiger partial charge is 0.503 e. The van der Waals surface area contributed by atoms with Crippen LogP contribution in [0.15, 0.2) is 226 Å². The number of fused-ring (bicyclic) bond motifs is 16. The van der Waals surface area contributed by atoms with Gasteiger partial charge >= 0.3 is 0 Å². The third-order valence-corrected chi connectivity index (χ3v) is 24.4. The summed E-state index contributed by atoms with van der Waals surface area (Å²) < 4.78 is 180. The van der Waals surface area contributed by atoms with Gasteiger partial charge in [-0.1, -0.05) is 134 Å². The number of halogens is 12. The molecular weight excluding hydrogens is 1860 g/mol. The van der Waals surface area contributed by atoms with E-state index < -0.39 is 199 Å². The molecule has 8 amide bonds. The highest BCUT2D eigenvalue weighted by molar-refractivity contribution is 6.03. The summed E-state index contributed by atoms with van der Waals surface area (Å²) in [5.41, 5.74) is -5.04. The van der Waals surface area contributed by atoms with Crippen molar-refractivity contribution in [3.8, 4) is 23.0 Å². The summed E-state index contributed by atoms with van der Waals surface area (Å²) in [5, 5.41) is 40.0. The molecule has 0 saturated carbocycles. The van der Waals surface area contributed by atoms with Gasteiger partial charge in [-0.3, -0.25) is 57.5 Å². The number of amides is 8. The molecule has 726 valence electrons. The van der Waals surface area contributed by atoms with Crippen LogP contribution in [0.1, 0.15) is 167 Å². The van der Waals surface area contributed by atoms with Gasteiger partial charge in [0.2, 0.25) is 21.7 Å². The number of ether oxygens (including phenoxy) is 2. The number of aliphatic hydroxyl groups excluding tert-OH is 1. The van der Waals surface area contributed by atoms with E-state index in [9.17, 15) is 130 Å². The fraction of sp³-hybridized carbons (Fsp3) is 0.255. The minimum absolute atomic E-state index is 0.00105. The number of carbonyl (C=O) groups is 9. The first-order valence-electron chi connectivity index (χ1n) is 43.4. The predicted octanol–water partition coefficient (Wildman–Crippen LogP) is 10.8. The molecule has 42 heteroatoms. The van der Waals surface area contributed by atoms with Crippen LogP contribution in [0.3, 0.4) is 0 Å². The van der Waals surface area contributed by atoms with E-state index in [0.29, 0.717) is 49.0 Å². The average Bonchev–Trinajstić information content (AvgIpc) is 1.41. The van der Waals surface area contributed by atoms with Gasteiger partial charge in [-0.05, 0) is 61.1 Å². The highest BCUT2D eigenvalue weighted by Gasteiger charge is 2.46. The molecule has 18 rings (SSSR count). The second-order valence-corrected chi connectivity index (χ2v) is 33.2. The van der Waals surface area contributed by atoms with Crippen molar-refractivity contribution in [2.24, 2.45) is 0 Å². The molecule has 8 bridgehead atoms. The van der Waals surface area contributed by atoms with Crippen LogP contribution in [0, 0.1) is 46.5 Å². The van der Waals surface area contributed by atoms with E-state index in [1.807, 2.05) is 6.07 Å². The number of nitrogens with zero attached hydrogens (tertiary/aromatic N) is 8. The lowest BCUT2D eigenvalue weighted by Gasteiger charge is -2.38. The SMILES string of the molecule is O=C(NCc1ccc(F)cc1F)c1cn2c(c(O)c1=O)C(=O)N1C[C@@H]2CC=C[C@@H]1C(F)F.O=C(NCc1ccc(F)cc1F)c1cn2c(c(O)c1=O)C(=O)N1C[C@@H]2CC=C[C@@H]1CO.O=C(NCc1ccc(F)cc1F)c1cn2c(c(OCc3ccccc3)c1=O)C(=O)N1C[C@@H]2CC=C[C@@H]1C(F)F.O=C[C@H]1C=CC[C@H]2CN1C(=O)c1c(OCc3ccccc3)c(=O)c(C(=O)NCc3ccc(F)cc3F)cn12. The molecule has 8 atom stereocenters. The Morgan fingerprint density at radius 2 is 0.671 bits per heavy atom. The molecule has 0 unspecified atom stereocenters. The number of benzene rings is 6. The Hall–Kier alpha value is -16.2. The van der Waals surface area contributed by atoms with Crippen LogP contribution in [-0.4, -0.2) is 177 Å². The first kappa shape index (κ1) is 98.3. The van der Waals surface area contributed by atoms with Gasteiger partial charge in [0, 0.05) is 124 Å². The summed E-state index contributed by atoms with van der Waals surface area (Å²) in [6.07, 6.45) is 13.6. The Bertz CT molecular complexity index is 7000. The Morgan fingerprint density at radius 1 is 0.379 bits per heavy atom. The lowest BCUT2D eigenvalue weighted by atomic mass is 10.1. The first-order chi connectivity index (χ1) is 67.1. The van der Waals surface area contributed by atoms with Crippen molar-refractivity contribution in [3.05, 3.63) is 373 Å². The molecule has 6 aromatic carbocycles. The van der Waals surface area contributed by atoms with Crippen LogP contribution in [0.2, 0.25) is 0 Å². The highest BCUT2D eigenvalue weighted by Crippen LogP contribution is 2.39. The van der Waals surface area contributed by atoms with Gasteiger partial charge in [0.25, 0.3) is 60.1 Å². The van der Waals surface area contributed by atoms with Crippen molar-refractivity contribution in [2.45, 2.75) is 126 Å². The van der Waals surface area contributed by atoms with Crippen LogP contribution < -0.4 is 52.5 Å². The van der Waals surface area contributed by atoms with E-state index in [-0.39, 0.29) is 153 Å². The van der Waals surface area contributed by atoms with Crippen LogP contribution in [0.4, 0.5) is 52.7 Å². The molecule has 4 aromatic heterocycles. The normalized spacial score (nSPS) is 18.8. The molecule has 8 aliphatic heterocycles. The van der Waals surface area contributed by atoms with Crippen molar-refractivity contribution in [1.29, 1.82) is 0 Å². The fourth-order valence-electron chi connectivity index (χ4n) is 17.2. The number of allylic oxidation sites excluding steroid dienone is 4. The highest BCUT2D eigenvalue weighted by atomic mass is 19.3. The Morgan fingerprint density at radius 3 is 1.00 bits per heavy atom. The van der Waals surface area contributed by atoms with E-state index in [1.165, 1.54) is 78.5 Å². The zero-order chi connectivity index (χ0) is 99.9. The lowest BCUT2D eigenvalue weighted by molar-refractivity contribution is -0.110. The lowest BCUT2D eigenvalue weighted by Crippen LogP contribution is -2.50. The maximum atomic E-state index is 14.1. The molecule has 10 aromatic rings. The topological polar surface area (TPSA) is 382 Å². The Kier molecular flexibility index (Phi) is 29.6. The summed E-state index contributed by atoms with van der Waals surface area (Å²) in [4.78, 5) is 173. The monoisotopic (exact) mass is 1940 g/mol. The average molecular weight is 1940 g/mol. The second kappa shape index (κ2) is 42.2. The van der Waals surface area contributed by atoms with Gasteiger partial charge in [0.05, 0.1) is 36.8 Å². The molecule has 7 N–H and O–H groups in total. The third kappa shape index (κ3) is 20.6.